The van der Waals surface area contributed by atoms with Gasteiger partial charge in [0.1, 0.15) is 6.04 Å². The van der Waals surface area contributed by atoms with Crippen molar-refractivity contribution < 1.29 is 29.8 Å². The molecule has 1 atom stereocenters. The van der Waals surface area contributed by atoms with E-state index in [0.717, 1.165) is 4.90 Å². The maximum atomic E-state index is 11.1. The van der Waals surface area contributed by atoms with Gasteiger partial charge in [-0.15, -0.1) is 0 Å². The zero-order valence-electron chi connectivity index (χ0n) is 8.71. The van der Waals surface area contributed by atoms with Gasteiger partial charge in [0.2, 0.25) is 0 Å². The molecular weight excluding hydrogens is 220 g/mol. The van der Waals surface area contributed by atoms with Crippen LogP contribution in [0.25, 0.3) is 0 Å². The molecule has 0 rings (SSSR count). The first kappa shape index (κ1) is 14.2. The third-order valence-corrected chi connectivity index (χ3v) is 1.99. The number of carboxylic acids is 2. The van der Waals surface area contributed by atoms with E-state index in [1.807, 2.05) is 0 Å². The smallest absolute Gasteiger partial charge is 0.341 e. The van der Waals surface area contributed by atoms with Gasteiger partial charge in [-0.25, -0.2) is 15.1 Å². The van der Waals surface area contributed by atoms with Crippen LogP contribution in [0.1, 0.15) is 19.8 Å². The summed E-state index contributed by atoms with van der Waals surface area (Å²) in [6.07, 6.45) is -0.585. The number of hydrogen-bond acceptors (Lipinski definition) is 4. The first-order valence-electron chi connectivity index (χ1n) is 4.59. The number of urea groups is 1. The molecule has 0 radical (unpaired) electrons. The average molecular weight is 234 g/mol. The highest BCUT2D eigenvalue weighted by Crippen LogP contribution is 2.08. The van der Waals surface area contributed by atoms with Crippen molar-refractivity contribution in [3.8, 4) is 0 Å². The number of hydroxylamine groups is 1. The largest absolute Gasteiger partial charge is 0.481 e. The average Bonchev–Trinajstić information content (AvgIpc) is 2.22. The molecule has 0 bridgehead atoms. The Morgan fingerprint density at radius 1 is 1.31 bits per heavy atom. The summed E-state index contributed by atoms with van der Waals surface area (Å²) in [5, 5.41) is 25.7. The number of nitrogens with one attached hydrogen (secondary N) is 1. The van der Waals surface area contributed by atoms with Crippen molar-refractivity contribution >= 4 is 18.0 Å². The number of carbonyl (C=O) groups is 3. The lowest BCUT2D eigenvalue weighted by molar-refractivity contribution is -0.143. The van der Waals surface area contributed by atoms with E-state index < -0.39 is 24.0 Å². The van der Waals surface area contributed by atoms with E-state index >= 15 is 0 Å². The third-order valence-electron chi connectivity index (χ3n) is 1.99. The highest BCUT2D eigenvalue weighted by molar-refractivity contribution is 5.82. The normalized spacial score (nSPS) is 11.6. The molecule has 0 aromatic heterocycles. The van der Waals surface area contributed by atoms with Crippen molar-refractivity contribution in [2.24, 2.45) is 0 Å². The summed E-state index contributed by atoms with van der Waals surface area (Å²) in [5.74, 6) is -2.46. The van der Waals surface area contributed by atoms with Crippen molar-refractivity contribution in [2.75, 3.05) is 6.54 Å². The number of aliphatic carboxylic acids is 2. The molecule has 2 amide bonds. The van der Waals surface area contributed by atoms with Crippen LogP contribution in [-0.2, 0) is 9.59 Å². The number of amides is 2. The zero-order valence-corrected chi connectivity index (χ0v) is 8.71. The summed E-state index contributed by atoms with van der Waals surface area (Å²) in [4.78, 5) is 33.1. The number of carboxylic acid groups (broad SMARTS) is 2. The summed E-state index contributed by atoms with van der Waals surface area (Å²) in [6.45, 7) is 1.56. The molecule has 8 heteroatoms. The molecule has 8 nitrogen and oxygen atoms in total. The maximum Gasteiger partial charge on any atom is 0.341 e. The molecule has 92 valence electrons. The molecule has 0 aromatic carbocycles. The topological polar surface area (TPSA) is 127 Å². The van der Waals surface area contributed by atoms with Gasteiger partial charge in [0.15, 0.2) is 0 Å². The van der Waals surface area contributed by atoms with Crippen LogP contribution < -0.4 is 5.48 Å². The Morgan fingerprint density at radius 2 is 1.88 bits per heavy atom. The van der Waals surface area contributed by atoms with Crippen LogP contribution in [0.4, 0.5) is 4.79 Å². The Bertz CT molecular complexity index is 280. The fraction of sp³-hybridized carbons (Fsp3) is 0.625. The number of hydrogen-bond donors (Lipinski definition) is 4. The lowest BCUT2D eigenvalue weighted by Crippen LogP contribution is -2.48. The van der Waals surface area contributed by atoms with Gasteiger partial charge < -0.3 is 15.1 Å². The molecule has 4 N–H and O–H groups in total. The van der Waals surface area contributed by atoms with Crippen molar-refractivity contribution in [3.63, 3.8) is 0 Å². The van der Waals surface area contributed by atoms with Gasteiger partial charge in [-0.05, 0) is 13.3 Å². The van der Waals surface area contributed by atoms with Gasteiger partial charge in [0.25, 0.3) is 0 Å². The minimum atomic E-state index is -1.31. The fourth-order valence-electron chi connectivity index (χ4n) is 1.24. The highest BCUT2D eigenvalue weighted by atomic mass is 16.5. The van der Waals surface area contributed by atoms with Crippen LogP contribution >= 0.6 is 0 Å². The summed E-state index contributed by atoms with van der Waals surface area (Å²) in [5.41, 5.74) is 1.32. The molecular formula is C8H14N2O6. The molecule has 0 aliphatic rings. The van der Waals surface area contributed by atoms with Gasteiger partial charge in [-0.3, -0.25) is 10.0 Å². The second kappa shape index (κ2) is 6.62. The quantitative estimate of drug-likeness (QED) is 0.370. The molecule has 0 heterocycles. The van der Waals surface area contributed by atoms with Crippen molar-refractivity contribution in [2.45, 2.75) is 25.8 Å². The fourth-order valence-corrected chi connectivity index (χ4v) is 1.24. The van der Waals surface area contributed by atoms with E-state index in [-0.39, 0.29) is 19.4 Å². The molecule has 0 aliphatic heterocycles. The van der Waals surface area contributed by atoms with Crippen LogP contribution in [-0.4, -0.2) is 50.9 Å². The third kappa shape index (κ3) is 4.13. The SMILES string of the molecule is CCN(C(=O)NO)[C@@H](CCC(=O)O)C(=O)O. The maximum absolute atomic E-state index is 11.1. The van der Waals surface area contributed by atoms with Crippen molar-refractivity contribution in [1.82, 2.24) is 10.4 Å². The van der Waals surface area contributed by atoms with Gasteiger partial charge >= 0.3 is 18.0 Å². The minimum Gasteiger partial charge on any atom is -0.481 e. The number of carbonyl (C=O) groups excluding carboxylic acids is 1. The second-order valence-corrected chi connectivity index (χ2v) is 2.99. The minimum absolute atomic E-state index is 0.0446. The van der Waals surface area contributed by atoms with Crippen LogP contribution in [0.15, 0.2) is 0 Å². The molecule has 0 spiro atoms. The monoisotopic (exact) mass is 234 g/mol. The van der Waals surface area contributed by atoms with Gasteiger partial charge in [-0.2, -0.15) is 0 Å². The predicted molar refractivity (Wildman–Crippen MR) is 51.0 cm³/mol. The molecule has 0 aromatic rings. The highest BCUT2D eigenvalue weighted by Gasteiger charge is 2.28. The van der Waals surface area contributed by atoms with Crippen LogP contribution in [0.2, 0.25) is 0 Å². The first-order chi connectivity index (χ1) is 7.43. The number of nitrogens with zero attached hydrogens (tertiary/aromatic N) is 1. The summed E-state index contributed by atoms with van der Waals surface area (Å²) < 4.78 is 0. The van der Waals surface area contributed by atoms with Gasteiger partial charge in [0.05, 0.1) is 0 Å². The molecule has 16 heavy (non-hydrogen) atoms. The van der Waals surface area contributed by atoms with E-state index in [1.165, 1.54) is 12.4 Å². The number of rotatable bonds is 6. The second-order valence-electron chi connectivity index (χ2n) is 2.99. The zero-order chi connectivity index (χ0) is 12.7. The lowest BCUT2D eigenvalue weighted by Gasteiger charge is -2.26. The lowest BCUT2D eigenvalue weighted by atomic mass is 10.1. The van der Waals surface area contributed by atoms with E-state index in [4.69, 9.17) is 15.4 Å². The van der Waals surface area contributed by atoms with E-state index in [2.05, 4.69) is 0 Å². The first-order valence-corrected chi connectivity index (χ1v) is 4.59. The summed E-state index contributed by atoms with van der Waals surface area (Å²) >= 11 is 0. The molecule has 0 fully saturated rings. The number of likely N-dealkylation sites (N-methyl/N-ethyl adjacent to an activating group) is 1. The standard InChI is InChI=1S/C8H14N2O6/c1-2-10(8(15)9-16)5(7(13)14)3-4-6(11)12/h5,16H,2-4H2,1H3,(H,9,15)(H,11,12)(H,13,14)/t5-/m0/s1. The van der Waals surface area contributed by atoms with E-state index in [1.54, 1.807) is 0 Å². The van der Waals surface area contributed by atoms with Crippen molar-refractivity contribution in [3.05, 3.63) is 0 Å². The van der Waals surface area contributed by atoms with Crippen LogP contribution in [0.3, 0.4) is 0 Å². The predicted octanol–water partition coefficient (Wildman–Crippen LogP) is -0.275. The summed E-state index contributed by atoms with van der Waals surface area (Å²) in [6, 6.07) is -2.24. The Kier molecular flexibility index (Phi) is 5.86. The van der Waals surface area contributed by atoms with Crippen LogP contribution in [0.5, 0.6) is 0 Å². The molecule has 0 saturated carbocycles. The van der Waals surface area contributed by atoms with Gasteiger partial charge in [-0.1, -0.05) is 0 Å². The van der Waals surface area contributed by atoms with Crippen molar-refractivity contribution in [1.29, 1.82) is 0 Å². The Hall–Kier alpha value is -1.83. The van der Waals surface area contributed by atoms with Crippen LogP contribution in [0, 0.1) is 0 Å². The molecule has 0 unspecified atom stereocenters. The Labute approximate surface area is 91.4 Å². The molecule has 0 saturated heterocycles. The summed E-state index contributed by atoms with van der Waals surface area (Å²) in [7, 11) is 0. The van der Waals surface area contributed by atoms with Gasteiger partial charge in [0, 0.05) is 13.0 Å². The van der Waals surface area contributed by atoms with E-state index in [9.17, 15) is 14.4 Å². The molecule has 0 aliphatic carbocycles. The van der Waals surface area contributed by atoms with E-state index in [0.29, 0.717) is 0 Å². The Balaban J connectivity index is 4.66. The Morgan fingerprint density at radius 3 is 2.19 bits per heavy atom.